The van der Waals surface area contributed by atoms with Gasteiger partial charge in [-0.1, -0.05) is 90.8 Å². The lowest BCUT2D eigenvalue weighted by Gasteiger charge is -2.23. The molecule has 0 saturated carbocycles. The lowest BCUT2D eigenvalue weighted by molar-refractivity contribution is -0.117. The predicted molar refractivity (Wildman–Crippen MR) is 151 cm³/mol. The maximum absolute atomic E-state index is 13.4. The molecule has 6 nitrogen and oxygen atoms in total. The van der Waals surface area contributed by atoms with Crippen molar-refractivity contribution in [1.29, 1.82) is 0 Å². The van der Waals surface area contributed by atoms with Crippen LogP contribution in [0.5, 0.6) is 0 Å². The number of benzene rings is 3. The highest BCUT2D eigenvalue weighted by atomic mass is 79.9. The van der Waals surface area contributed by atoms with E-state index in [1.165, 1.54) is 4.90 Å². The molecule has 8 heteroatoms. The quantitative estimate of drug-likeness (QED) is 0.260. The second-order valence-electron chi connectivity index (χ2n) is 9.73. The summed E-state index contributed by atoms with van der Waals surface area (Å²) in [5, 5.41) is 8.21. The highest BCUT2D eigenvalue weighted by Crippen LogP contribution is 2.29. The summed E-state index contributed by atoms with van der Waals surface area (Å²) >= 11 is 9.86. The van der Waals surface area contributed by atoms with Gasteiger partial charge < -0.3 is 10.2 Å². The number of halogens is 2. The molecule has 1 N–H and O–H groups in total. The second-order valence-corrected chi connectivity index (χ2v) is 11.1. The Balaban J connectivity index is 1.62. The average Bonchev–Trinajstić information content (AvgIpc) is 3.28. The van der Waals surface area contributed by atoms with Gasteiger partial charge in [0.25, 0.3) is 5.91 Å². The van der Waals surface area contributed by atoms with Crippen LogP contribution in [0.15, 0.2) is 89.4 Å². The highest BCUT2D eigenvalue weighted by Gasteiger charge is 2.24. The van der Waals surface area contributed by atoms with Crippen molar-refractivity contribution < 1.29 is 9.59 Å². The molecule has 0 aliphatic carbocycles. The van der Waals surface area contributed by atoms with Crippen molar-refractivity contribution in [2.75, 3.05) is 11.9 Å². The third-order valence-electron chi connectivity index (χ3n) is 5.76. The second kappa shape index (κ2) is 11.3. The van der Waals surface area contributed by atoms with Gasteiger partial charge in [-0.25, -0.2) is 4.68 Å². The summed E-state index contributed by atoms with van der Waals surface area (Å²) in [7, 11) is 0. The fourth-order valence-corrected chi connectivity index (χ4v) is 4.26. The number of para-hydroxylation sites is 1. The molecule has 1 heterocycles. The number of carbonyl (C=O) groups excluding carboxylic acids is 2. The van der Waals surface area contributed by atoms with Gasteiger partial charge in [-0.05, 0) is 42.0 Å². The summed E-state index contributed by atoms with van der Waals surface area (Å²) in [4.78, 5) is 28.3. The van der Waals surface area contributed by atoms with Gasteiger partial charge in [0, 0.05) is 28.1 Å². The summed E-state index contributed by atoms with van der Waals surface area (Å²) in [6.07, 6.45) is 0. The van der Waals surface area contributed by atoms with Crippen LogP contribution in [0.1, 0.15) is 42.4 Å². The van der Waals surface area contributed by atoms with E-state index in [-0.39, 0.29) is 23.8 Å². The molecule has 0 saturated heterocycles. The fourth-order valence-electron chi connectivity index (χ4n) is 3.78. The minimum absolute atomic E-state index is 0.137. The van der Waals surface area contributed by atoms with E-state index < -0.39 is 0 Å². The number of nitrogens with zero attached hydrogens (tertiary/aromatic N) is 3. The van der Waals surface area contributed by atoms with Crippen molar-refractivity contribution in [1.82, 2.24) is 14.7 Å². The van der Waals surface area contributed by atoms with Crippen LogP contribution in [0.2, 0.25) is 5.02 Å². The molecular formula is C29H28BrClN4O2. The largest absolute Gasteiger partial charge is 0.325 e. The Labute approximate surface area is 230 Å². The normalized spacial score (nSPS) is 11.3. The summed E-state index contributed by atoms with van der Waals surface area (Å²) < 4.78 is 2.51. The van der Waals surface area contributed by atoms with E-state index in [9.17, 15) is 9.59 Å². The van der Waals surface area contributed by atoms with Crippen LogP contribution in [0.3, 0.4) is 0 Å². The first-order chi connectivity index (χ1) is 17.6. The number of amides is 2. The van der Waals surface area contributed by atoms with Crippen molar-refractivity contribution in [3.8, 4) is 5.69 Å². The summed E-state index contributed by atoms with van der Waals surface area (Å²) in [5.74, 6) is -0.0877. The van der Waals surface area contributed by atoms with E-state index in [2.05, 4.69) is 42.0 Å². The Morgan fingerprint density at radius 1 is 0.973 bits per heavy atom. The highest BCUT2D eigenvalue weighted by molar-refractivity contribution is 9.10. The third kappa shape index (κ3) is 6.67. The van der Waals surface area contributed by atoms with Gasteiger partial charge in [0.15, 0.2) is 0 Å². The van der Waals surface area contributed by atoms with Crippen LogP contribution in [0.25, 0.3) is 5.69 Å². The molecule has 0 bridgehead atoms. The molecule has 0 fully saturated rings. The van der Waals surface area contributed by atoms with Gasteiger partial charge >= 0.3 is 0 Å². The lowest BCUT2D eigenvalue weighted by Crippen LogP contribution is -2.37. The zero-order valence-corrected chi connectivity index (χ0v) is 23.3. The fraction of sp³-hybridized carbons (Fsp3) is 0.207. The zero-order valence-electron chi connectivity index (χ0n) is 20.9. The van der Waals surface area contributed by atoms with Crippen LogP contribution in [0.4, 0.5) is 5.82 Å². The van der Waals surface area contributed by atoms with Crippen LogP contribution in [0, 0.1) is 0 Å². The first-order valence-corrected chi connectivity index (χ1v) is 13.0. The van der Waals surface area contributed by atoms with Crippen molar-refractivity contribution in [3.63, 3.8) is 0 Å². The van der Waals surface area contributed by atoms with Crippen molar-refractivity contribution >= 4 is 45.2 Å². The Bertz CT molecular complexity index is 1400. The van der Waals surface area contributed by atoms with Crippen LogP contribution < -0.4 is 5.32 Å². The van der Waals surface area contributed by atoms with Gasteiger partial charge in [-0.3, -0.25) is 9.59 Å². The third-order valence-corrected chi connectivity index (χ3v) is 6.60. The Kier molecular flexibility index (Phi) is 8.15. The SMILES string of the molecule is CC(C)(C)c1cc(NC(=O)CN(Cc2ccccc2)C(=O)c2ccc(Br)cc2)n(-c2ccccc2Cl)n1. The molecule has 1 aromatic heterocycles. The molecule has 0 radical (unpaired) electrons. The smallest absolute Gasteiger partial charge is 0.254 e. The maximum atomic E-state index is 13.4. The first-order valence-electron chi connectivity index (χ1n) is 11.9. The maximum Gasteiger partial charge on any atom is 0.254 e. The van der Waals surface area contributed by atoms with E-state index in [4.69, 9.17) is 16.7 Å². The number of hydrogen-bond donors (Lipinski definition) is 1. The Morgan fingerprint density at radius 2 is 1.62 bits per heavy atom. The molecule has 0 atom stereocenters. The van der Waals surface area contributed by atoms with Crippen LogP contribution >= 0.6 is 27.5 Å². The van der Waals surface area contributed by atoms with Crippen LogP contribution in [-0.4, -0.2) is 33.0 Å². The molecule has 4 aromatic rings. The Hall–Kier alpha value is -3.42. The number of rotatable bonds is 7. The summed E-state index contributed by atoms with van der Waals surface area (Å²) in [6.45, 7) is 6.31. The topological polar surface area (TPSA) is 67.2 Å². The molecule has 0 aliphatic heterocycles. The van der Waals surface area contributed by atoms with Crippen molar-refractivity contribution in [2.24, 2.45) is 0 Å². The Morgan fingerprint density at radius 3 is 2.27 bits per heavy atom. The van der Waals surface area contributed by atoms with Crippen molar-refractivity contribution in [2.45, 2.75) is 32.7 Å². The lowest BCUT2D eigenvalue weighted by atomic mass is 9.92. The standard InChI is InChI=1S/C29H28BrClN4O2/c1-29(2,3)25-17-26(35(33-25)24-12-8-7-11-23(24)31)32-27(36)19-34(18-20-9-5-4-6-10-20)28(37)21-13-15-22(30)16-14-21/h4-17H,18-19H2,1-3H3,(H,32,36). The van der Waals surface area contributed by atoms with Gasteiger partial charge in [0.1, 0.15) is 12.4 Å². The number of hydrogen-bond acceptors (Lipinski definition) is 3. The number of aromatic nitrogens is 2. The van der Waals surface area contributed by atoms with E-state index in [0.29, 0.717) is 28.6 Å². The molecule has 3 aromatic carbocycles. The van der Waals surface area contributed by atoms with E-state index >= 15 is 0 Å². The number of nitrogens with one attached hydrogen (secondary N) is 1. The molecule has 0 unspecified atom stereocenters. The van der Waals surface area contributed by atoms with E-state index in [0.717, 1.165) is 15.7 Å². The number of carbonyl (C=O) groups is 2. The summed E-state index contributed by atoms with van der Waals surface area (Å²) in [5.41, 5.74) is 2.64. The molecule has 4 rings (SSSR count). The molecule has 190 valence electrons. The summed E-state index contributed by atoms with van der Waals surface area (Å²) in [6, 6.07) is 25.9. The number of anilines is 1. The van der Waals surface area contributed by atoms with Gasteiger partial charge in [0.2, 0.25) is 5.91 Å². The average molecular weight is 580 g/mol. The molecule has 0 spiro atoms. The van der Waals surface area contributed by atoms with Gasteiger partial charge in [-0.2, -0.15) is 5.10 Å². The molecule has 37 heavy (non-hydrogen) atoms. The minimum atomic E-state index is -0.338. The molecular weight excluding hydrogens is 552 g/mol. The van der Waals surface area contributed by atoms with Gasteiger partial charge in [0.05, 0.1) is 16.4 Å². The van der Waals surface area contributed by atoms with Crippen molar-refractivity contribution in [3.05, 3.63) is 111 Å². The predicted octanol–water partition coefficient (Wildman–Crippen LogP) is 6.87. The zero-order chi connectivity index (χ0) is 26.6. The molecule has 0 aliphatic rings. The molecule has 2 amide bonds. The van der Waals surface area contributed by atoms with Gasteiger partial charge in [-0.15, -0.1) is 0 Å². The van der Waals surface area contributed by atoms with E-state index in [1.807, 2.05) is 66.7 Å². The first kappa shape index (κ1) is 26.6. The van der Waals surface area contributed by atoms with E-state index in [1.54, 1.807) is 22.9 Å². The monoisotopic (exact) mass is 578 g/mol. The minimum Gasteiger partial charge on any atom is -0.325 e. The van der Waals surface area contributed by atoms with Crippen LogP contribution in [-0.2, 0) is 16.8 Å².